The van der Waals surface area contributed by atoms with Gasteiger partial charge in [-0.15, -0.1) is 0 Å². The summed E-state index contributed by atoms with van der Waals surface area (Å²) in [5.41, 5.74) is 2.36. The van der Waals surface area contributed by atoms with E-state index in [0.717, 1.165) is 22.2 Å². The molecule has 74 valence electrons. The number of hydrogen-bond acceptors (Lipinski definition) is 1. The maximum atomic E-state index is 5.23. The summed E-state index contributed by atoms with van der Waals surface area (Å²) >= 11 is 3.53. The fraction of sp³-hybridized carbons (Fsp3) is 0.273. The van der Waals surface area contributed by atoms with E-state index >= 15 is 0 Å². The van der Waals surface area contributed by atoms with Gasteiger partial charge in [0.25, 0.3) is 0 Å². The summed E-state index contributed by atoms with van der Waals surface area (Å²) in [7, 11) is 1.68. The molecular formula is C11H12BrNO. The van der Waals surface area contributed by atoms with E-state index in [9.17, 15) is 0 Å². The number of methoxy groups -OCH3 is 1. The Morgan fingerprint density at radius 3 is 2.86 bits per heavy atom. The summed E-state index contributed by atoms with van der Waals surface area (Å²) in [4.78, 5) is 3.36. The minimum Gasteiger partial charge on any atom is -0.495 e. The van der Waals surface area contributed by atoms with E-state index in [4.69, 9.17) is 4.74 Å². The van der Waals surface area contributed by atoms with E-state index in [-0.39, 0.29) is 0 Å². The van der Waals surface area contributed by atoms with Crippen molar-refractivity contribution in [3.63, 3.8) is 0 Å². The molecule has 0 atom stereocenters. The molecule has 3 heteroatoms. The molecule has 0 aliphatic rings. The van der Waals surface area contributed by atoms with Crippen molar-refractivity contribution in [3.8, 4) is 5.75 Å². The standard InChI is InChI=1S/C11H12BrNO/c1-3-8-6-7-4-5-9(14-2)10(12)11(7)13-8/h4-6,13H,3H2,1-2H3. The van der Waals surface area contributed by atoms with Crippen molar-refractivity contribution in [2.75, 3.05) is 7.11 Å². The van der Waals surface area contributed by atoms with E-state index in [1.807, 2.05) is 6.07 Å². The van der Waals surface area contributed by atoms with E-state index in [2.05, 4.69) is 40.0 Å². The molecule has 14 heavy (non-hydrogen) atoms. The molecule has 2 aromatic rings. The van der Waals surface area contributed by atoms with Crippen LogP contribution in [-0.2, 0) is 6.42 Å². The van der Waals surface area contributed by atoms with Gasteiger partial charge in [-0.1, -0.05) is 6.92 Å². The highest BCUT2D eigenvalue weighted by Crippen LogP contribution is 2.32. The zero-order valence-corrected chi connectivity index (χ0v) is 9.81. The van der Waals surface area contributed by atoms with Gasteiger partial charge in [0.05, 0.1) is 17.1 Å². The van der Waals surface area contributed by atoms with Gasteiger partial charge in [0, 0.05) is 11.1 Å². The molecule has 0 saturated heterocycles. The second kappa shape index (κ2) is 3.65. The van der Waals surface area contributed by atoms with Gasteiger partial charge in [-0.25, -0.2) is 0 Å². The van der Waals surface area contributed by atoms with Crippen LogP contribution >= 0.6 is 15.9 Å². The lowest BCUT2D eigenvalue weighted by Crippen LogP contribution is -1.84. The number of H-pyrrole nitrogens is 1. The second-order valence-electron chi connectivity index (χ2n) is 3.19. The largest absolute Gasteiger partial charge is 0.495 e. The van der Waals surface area contributed by atoms with Crippen molar-refractivity contribution in [1.29, 1.82) is 0 Å². The Morgan fingerprint density at radius 1 is 1.43 bits per heavy atom. The number of hydrogen-bond donors (Lipinski definition) is 1. The normalized spacial score (nSPS) is 10.8. The van der Waals surface area contributed by atoms with E-state index in [1.165, 1.54) is 11.1 Å². The third-order valence-electron chi connectivity index (χ3n) is 2.35. The Labute approximate surface area is 91.4 Å². The molecule has 1 aromatic carbocycles. The van der Waals surface area contributed by atoms with Crippen LogP contribution in [0.15, 0.2) is 22.7 Å². The molecule has 0 aliphatic carbocycles. The first kappa shape index (κ1) is 9.59. The highest BCUT2D eigenvalue weighted by molar-refractivity contribution is 9.10. The van der Waals surface area contributed by atoms with Gasteiger partial charge in [0.2, 0.25) is 0 Å². The lowest BCUT2D eigenvalue weighted by atomic mass is 10.2. The number of fused-ring (bicyclic) bond motifs is 1. The molecule has 2 rings (SSSR count). The van der Waals surface area contributed by atoms with Crippen LogP contribution in [0.25, 0.3) is 10.9 Å². The first-order chi connectivity index (χ1) is 6.76. The van der Waals surface area contributed by atoms with E-state index in [1.54, 1.807) is 7.11 Å². The van der Waals surface area contributed by atoms with Gasteiger partial charge < -0.3 is 9.72 Å². The summed E-state index contributed by atoms with van der Waals surface area (Å²) in [5, 5.41) is 1.22. The first-order valence-electron chi connectivity index (χ1n) is 4.60. The van der Waals surface area contributed by atoms with Crippen LogP contribution < -0.4 is 4.74 Å². The fourth-order valence-electron chi connectivity index (χ4n) is 1.55. The van der Waals surface area contributed by atoms with Gasteiger partial charge in [-0.2, -0.15) is 0 Å². The average Bonchev–Trinajstić information content (AvgIpc) is 2.62. The smallest absolute Gasteiger partial charge is 0.135 e. The number of aromatic nitrogens is 1. The average molecular weight is 254 g/mol. The molecule has 0 fully saturated rings. The minimum atomic E-state index is 0.863. The van der Waals surface area contributed by atoms with Crippen LogP contribution in [0.4, 0.5) is 0 Å². The summed E-state index contributed by atoms with van der Waals surface area (Å²) in [6, 6.07) is 6.20. The Morgan fingerprint density at radius 2 is 2.21 bits per heavy atom. The van der Waals surface area contributed by atoms with Crippen LogP contribution in [0, 0.1) is 0 Å². The fourth-order valence-corrected chi connectivity index (χ4v) is 2.17. The Hall–Kier alpha value is -0.960. The third-order valence-corrected chi connectivity index (χ3v) is 3.14. The zero-order valence-electron chi connectivity index (χ0n) is 8.23. The van der Waals surface area contributed by atoms with Crippen molar-refractivity contribution in [3.05, 3.63) is 28.4 Å². The molecule has 1 heterocycles. The van der Waals surface area contributed by atoms with Gasteiger partial charge in [0.15, 0.2) is 0 Å². The molecular weight excluding hydrogens is 242 g/mol. The van der Waals surface area contributed by atoms with Crippen LogP contribution in [0.1, 0.15) is 12.6 Å². The van der Waals surface area contributed by atoms with Crippen LogP contribution in [0.2, 0.25) is 0 Å². The predicted octanol–water partition coefficient (Wildman–Crippen LogP) is 3.50. The number of nitrogens with one attached hydrogen (secondary N) is 1. The third kappa shape index (κ3) is 1.42. The van der Waals surface area contributed by atoms with E-state index in [0.29, 0.717) is 0 Å². The predicted molar refractivity (Wildman–Crippen MR) is 61.9 cm³/mol. The Kier molecular flexibility index (Phi) is 2.50. The molecule has 1 aromatic heterocycles. The molecule has 0 unspecified atom stereocenters. The van der Waals surface area contributed by atoms with Crippen LogP contribution in [-0.4, -0.2) is 12.1 Å². The molecule has 1 N–H and O–H groups in total. The lowest BCUT2D eigenvalue weighted by molar-refractivity contribution is 0.413. The van der Waals surface area contributed by atoms with Crippen LogP contribution in [0.3, 0.4) is 0 Å². The zero-order chi connectivity index (χ0) is 10.1. The molecule has 0 spiro atoms. The Balaban J connectivity index is 2.68. The number of ether oxygens (including phenoxy) is 1. The van der Waals surface area contributed by atoms with Crippen molar-refractivity contribution in [2.45, 2.75) is 13.3 Å². The number of benzene rings is 1. The van der Waals surface area contributed by atoms with Crippen molar-refractivity contribution < 1.29 is 4.74 Å². The molecule has 0 amide bonds. The maximum absolute atomic E-state index is 5.23. The number of halogens is 1. The quantitative estimate of drug-likeness (QED) is 0.871. The summed E-state index contributed by atoms with van der Waals surface area (Å²) in [6.07, 6.45) is 1.02. The maximum Gasteiger partial charge on any atom is 0.135 e. The number of aryl methyl sites for hydroxylation is 1. The summed E-state index contributed by atoms with van der Waals surface area (Å²) < 4.78 is 6.23. The van der Waals surface area contributed by atoms with Gasteiger partial charge in [-0.3, -0.25) is 0 Å². The monoisotopic (exact) mass is 253 g/mol. The molecule has 0 radical (unpaired) electrons. The minimum absolute atomic E-state index is 0.863. The molecule has 0 saturated carbocycles. The van der Waals surface area contributed by atoms with E-state index < -0.39 is 0 Å². The highest BCUT2D eigenvalue weighted by atomic mass is 79.9. The number of rotatable bonds is 2. The molecule has 2 nitrogen and oxygen atoms in total. The lowest BCUT2D eigenvalue weighted by Gasteiger charge is -2.02. The molecule has 0 bridgehead atoms. The number of aromatic amines is 1. The van der Waals surface area contributed by atoms with Crippen molar-refractivity contribution >= 4 is 26.8 Å². The second-order valence-corrected chi connectivity index (χ2v) is 3.99. The SMILES string of the molecule is CCc1cc2ccc(OC)c(Br)c2[nH]1. The van der Waals surface area contributed by atoms with Crippen LogP contribution in [0.5, 0.6) is 5.75 Å². The van der Waals surface area contributed by atoms with Gasteiger partial charge in [-0.05, 0) is 40.5 Å². The topological polar surface area (TPSA) is 25.0 Å². The Bertz CT molecular complexity index is 462. The van der Waals surface area contributed by atoms with Gasteiger partial charge in [0.1, 0.15) is 5.75 Å². The molecule has 0 aliphatic heterocycles. The summed E-state index contributed by atoms with van der Waals surface area (Å²) in [6.45, 7) is 2.13. The highest BCUT2D eigenvalue weighted by Gasteiger charge is 2.07. The van der Waals surface area contributed by atoms with Crippen molar-refractivity contribution in [2.24, 2.45) is 0 Å². The van der Waals surface area contributed by atoms with Gasteiger partial charge >= 0.3 is 0 Å². The summed E-state index contributed by atoms with van der Waals surface area (Å²) in [5.74, 6) is 0.863. The van der Waals surface area contributed by atoms with Crippen molar-refractivity contribution in [1.82, 2.24) is 4.98 Å². The first-order valence-corrected chi connectivity index (χ1v) is 5.39.